The third-order valence-electron chi connectivity index (χ3n) is 3.16. The molecule has 0 saturated heterocycles. The van der Waals surface area contributed by atoms with E-state index in [2.05, 4.69) is 5.32 Å². The first kappa shape index (κ1) is 17.1. The predicted octanol–water partition coefficient (Wildman–Crippen LogP) is 2.56. The fourth-order valence-electron chi connectivity index (χ4n) is 2.25. The Labute approximate surface area is 125 Å². The lowest BCUT2D eigenvalue weighted by Gasteiger charge is -2.21. The lowest BCUT2D eigenvalue weighted by molar-refractivity contribution is -0.138. The second kappa shape index (κ2) is 8.34. The summed E-state index contributed by atoms with van der Waals surface area (Å²) in [6, 6.07) is 1.59. The van der Waals surface area contributed by atoms with Crippen LogP contribution in [0, 0.1) is 11.8 Å². The number of hydrogen-bond donors (Lipinski definition) is 2. The molecule has 1 aromatic rings. The first-order chi connectivity index (χ1) is 9.88. The molecule has 0 radical (unpaired) electrons. The van der Waals surface area contributed by atoms with Crippen LogP contribution in [0.15, 0.2) is 23.0 Å². The van der Waals surface area contributed by atoms with E-state index in [1.807, 2.05) is 13.8 Å². The molecule has 6 heteroatoms. The van der Waals surface area contributed by atoms with Gasteiger partial charge in [-0.1, -0.05) is 13.8 Å². The Morgan fingerprint density at radius 2 is 2.14 bits per heavy atom. The minimum absolute atomic E-state index is 0.0474. The van der Waals surface area contributed by atoms with E-state index in [1.165, 1.54) is 4.90 Å². The molecule has 1 atom stereocenters. The second-order valence-electron chi connectivity index (χ2n) is 5.77. The van der Waals surface area contributed by atoms with Crippen molar-refractivity contribution < 1.29 is 19.1 Å². The minimum Gasteiger partial charge on any atom is -0.481 e. The zero-order valence-electron chi connectivity index (χ0n) is 12.8. The summed E-state index contributed by atoms with van der Waals surface area (Å²) >= 11 is 0. The van der Waals surface area contributed by atoms with Crippen LogP contribution in [-0.4, -0.2) is 35.6 Å². The summed E-state index contributed by atoms with van der Waals surface area (Å²) < 4.78 is 4.96. The van der Waals surface area contributed by atoms with Gasteiger partial charge in [-0.15, -0.1) is 0 Å². The van der Waals surface area contributed by atoms with Crippen molar-refractivity contribution in [1.29, 1.82) is 0 Å². The van der Waals surface area contributed by atoms with Gasteiger partial charge >= 0.3 is 12.0 Å². The Kier molecular flexibility index (Phi) is 6.78. The topological polar surface area (TPSA) is 82.8 Å². The average Bonchev–Trinajstić information content (AvgIpc) is 2.86. The van der Waals surface area contributed by atoms with Crippen molar-refractivity contribution in [3.05, 3.63) is 24.2 Å². The number of hydrogen-bond acceptors (Lipinski definition) is 3. The number of amides is 2. The van der Waals surface area contributed by atoms with Crippen LogP contribution in [0.1, 0.15) is 32.3 Å². The summed E-state index contributed by atoms with van der Waals surface area (Å²) in [6.07, 6.45) is 4.00. The molecule has 0 fully saturated rings. The molecule has 1 unspecified atom stereocenters. The molecule has 1 heterocycles. The van der Waals surface area contributed by atoms with E-state index in [0.29, 0.717) is 19.0 Å². The molecule has 0 aliphatic carbocycles. The molecule has 6 nitrogen and oxygen atoms in total. The van der Waals surface area contributed by atoms with Crippen LogP contribution >= 0.6 is 0 Å². The van der Waals surface area contributed by atoms with E-state index in [9.17, 15) is 9.59 Å². The van der Waals surface area contributed by atoms with Crippen LogP contribution in [0.5, 0.6) is 0 Å². The summed E-state index contributed by atoms with van der Waals surface area (Å²) in [7, 11) is 1.69. The van der Waals surface area contributed by atoms with Gasteiger partial charge in [0.2, 0.25) is 0 Å². The van der Waals surface area contributed by atoms with Crippen molar-refractivity contribution in [2.24, 2.45) is 11.8 Å². The molecular formula is C15H24N2O4. The van der Waals surface area contributed by atoms with Gasteiger partial charge in [-0.2, -0.15) is 0 Å². The molecule has 2 amide bonds. The fraction of sp³-hybridized carbons (Fsp3) is 0.600. The Hall–Kier alpha value is -1.98. The Bertz CT molecular complexity index is 443. The minimum atomic E-state index is -0.832. The summed E-state index contributed by atoms with van der Waals surface area (Å²) in [4.78, 5) is 24.4. The Morgan fingerprint density at radius 3 is 2.67 bits per heavy atom. The highest BCUT2D eigenvalue weighted by molar-refractivity contribution is 5.74. The van der Waals surface area contributed by atoms with Gasteiger partial charge in [-0.25, -0.2) is 4.79 Å². The maximum Gasteiger partial charge on any atom is 0.317 e. The van der Waals surface area contributed by atoms with Gasteiger partial charge in [0, 0.05) is 25.6 Å². The third-order valence-corrected chi connectivity index (χ3v) is 3.16. The van der Waals surface area contributed by atoms with Gasteiger partial charge in [-0.05, 0) is 24.3 Å². The SMILES string of the molecule is CC(C)CC(CNC(=O)N(C)Cc1ccoc1)CC(=O)O. The fourth-order valence-corrected chi connectivity index (χ4v) is 2.25. The molecule has 0 aliphatic rings. The van der Waals surface area contributed by atoms with Crippen LogP contribution in [-0.2, 0) is 11.3 Å². The lowest BCUT2D eigenvalue weighted by atomic mass is 9.94. The normalized spacial score (nSPS) is 12.2. The van der Waals surface area contributed by atoms with Crippen molar-refractivity contribution in [3.63, 3.8) is 0 Å². The monoisotopic (exact) mass is 296 g/mol. The number of carboxylic acid groups (broad SMARTS) is 1. The quantitative estimate of drug-likeness (QED) is 0.772. The van der Waals surface area contributed by atoms with Crippen LogP contribution in [0.25, 0.3) is 0 Å². The number of carbonyl (C=O) groups is 2. The molecule has 0 saturated carbocycles. The van der Waals surface area contributed by atoms with Gasteiger partial charge in [0.25, 0.3) is 0 Å². The smallest absolute Gasteiger partial charge is 0.317 e. The molecule has 21 heavy (non-hydrogen) atoms. The van der Waals surface area contributed by atoms with Crippen molar-refractivity contribution >= 4 is 12.0 Å². The first-order valence-electron chi connectivity index (χ1n) is 7.10. The maximum absolute atomic E-state index is 12.0. The van der Waals surface area contributed by atoms with Gasteiger partial charge in [0.1, 0.15) is 0 Å². The Balaban J connectivity index is 2.42. The van der Waals surface area contributed by atoms with E-state index in [-0.39, 0.29) is 18.4 Å². The summed E-state index contributed by atoms with van der Waals surface area (Å²) in [5, 5.41) is 11.7. The van der Waals surface area contributed by atoms with E-state index < -0.39 is 5.97 Å². The number of urea groups is 1. The van der Waals surface area contributed by atoms with Gasteiger partial charge in [0.05, 0.1) is 19.1 Å². The molecule has 118 valence electrons. The lowest BCUT2D eigenvalue weighted by Crippen LogP contribution is -2.39. The van der Waals surface area contributed by atoms with Gasteiger partial charge in [-0.3, -0.25) is 4.79 Å². The first-order valence-corrected chi connectivity index (χ1v) is 7.10. The molecule has 0 aliphatic heterocycles. The number of furan rings is 1. The average molecular weight is 296 g/mol. The van der Waals surface area contributed by atoms with Crippen LogP contribution in [0.3, 0.4) is 0 Å². The predicted molar refractivity (Wildman–Crippen MR) is 78.8 cm³/mol. The number of carbonyl (C=O) groups excluding carboxylic acids is 1. The highest BCUT2D eigenvalue weighted by Crippen LogP contribution is 2.15. The molecule has 0 spiro atoms. The molecule has 0 bridgehead atoms. The number of aliphatic carboxylic acids is 1. The van der Waals surface area contributed by atoms with E-state index >= 15 is 0 Å². The largest absolute Gasteiger partial charge is 0.481 e. The number of carboxylic acids is 1. The van der Waals surface area contributed by atoms with E-state index in [1.54, 1.807) is 25.6 Å². The molecular weight excluding hydrogens is 272 g/mol. The molecule has 1 rings (SSSR count). The number of nitrogens with one attached hydrogen (secondary N) is 1. The van der Waals surface area contributed by atoms with E-state index in [4.69, 9.17) is 9.52 Å². The highest BCUT2D eigenvalue weighted by Gasteiger charge is 2.17. The van der Waals surface area contributed by atoms with Crippen molar-refractivity contribution in [2.45, 2.75) is 33.2 Å². The number of nitrogens with zero attached hydrogens (tertiary/aromatic N) is 1. The van der Waals surface area contributed by atoms with Crippen molar-refractivity contribution in [3.8, 4) is 0 Å². The Morgan fingerprint density at radius 1 is 1.43 bits per heavy atom. The zero-order chi connectivity index (χ0) is 15.8. The van der Waals surface area contributed by atoms with Crippen LogP contribution < -0.4 is 5.32 Å². The molecule has 0 aromatic carbocycles. The second-order valence-corrected chi connectivity index (χ2v) is 5.77. The summed E-state index contributed by atoms with van der Waals surface area (Å²) in [5.74, 6) is -0.481. The molecule has 1 aromatic heterocycles. The van der Waals surface area contributed by atoms with Gasteiger partial charge < -0.3 is 19.7 Å². The standard InChI is InChI=1S/C15H24N2O4/c1-11(2)6-13(7-14(18)19)8-16-15(20)17(3)9-12-4-5-21-10-12/h4-5,10-11,13H,6-9H2,1-3H3,(H,16,20)(H,18,19). The summed E-state index contributed by atoms with van der Waals surface area (Å²) in [6.45, 7) is 4.92. The summed E-state index contributed by atoms with van der Waals surface area (Å²) in [5.41, 5.74) is 0.914. The number of rotatable bonds is 8. The zero-order valence-corrected chi connectivity index (χ0v) is 12.8. The van der Waals surface area contributed by atoms with Crippen molar-refractivity contribution in [1.82, 2.24) is 10.2 Å². The van der Waals surface area contributed by atoms with Crippen LogP contribution in [0.2, 0.25) is 0 Å². The van der Waals surface area contributed by atoms with E-state index in [0.717, 1.165) is 12.0 Å². The van der Waals surface area contributed by atoms with Gasteiger partial charge in [0.15, 0.2) is 0 Å². The highest BCUT2D eigenvalue weighted by atomic mass is 16.4. The third kappa shape index (κ3) is 6.83. The van der Waals surface area contributed by atoms with Crippen LogP contribution in [0.4, 0.5) is 4.79 Å². The van der Waals surface area contributed by atoms with Crippen molar-refractivity contribution in [2.75, 3.05) is 13.6 Å². The molecule has 2 N–H and O–H groups in total. The maximum atomic E-state index is 12.0.